The number of benzene rings is 1. The second kappa shape index (κ2) is 32.0. The van der Waals surface area contributed by atoms with E-state index in [0.717, 1.165) is 122 Å². The van der Waals surface area contributed by atoms with Gasteiger partial charge in [0.1, 0.15) is 0 Å². The highest BCUT2D eigenvalue weighted by Gasteiger charge is 2.29. The fourth-order valence-corrected chi connectivity index (χ4v) is 9.55. The van der Waals surface area contributed by atoms with Crippen molar-refractivity contribution in [3.8, 4) is 0 Å². The van der Waals surface area contributed by atoms with Crippen molar-refractivity contribution in [2.45, 2.75) is 188 Å². The first-order valence-corrected chi connectivity index (χ1v) is 26.0. The quantitative estimate of drug-likeness (QED) is 0.0338. The number of nitrogens with zero attached hydrogens (tertiary/aromatic N) is 2. The van der Waals surface area contributed by atoms with Gasteiger partial charge in [-0.05, 0) is 127 Å². The summed E-state index contributed by atoms with van der Waals surface area (Å²) in [5, 5.41) is 21.2. The van der Waals surface area contributed by atoms with Gasteiger partial charge in [-0.2, -0.15) is 0 Å². The number of unbranched alkanes of at least 4 members (excludes halogenated alkanes) is 7. The molecule has 4 unspecified atom stereocenters. The van der Waals surface area contributed by atoms with E-state index >= 15 is 0 Å². The van der Waals surface area contributed by atoms with Crippen LogP contribution in [0.2, 0.25) is 0 Å². The zero-order valence-corrected chi connectivity index (χ0v) is 43.4. The second-order valence-corrected chi connectivity index (χ2v) is 20.3. The first kappa shape index (κ1) is 56.4. The van der Waals surface area contributed by atoms with Crippen molar-refractivity contribution in [1.29, 1.82) is 0 Å². The molecule has 2 aromatic rings. The Balaban J connectivity index is 2.03. The monoisotopic (exact) mass is 898 g/mol. The predicted octanol–water partition coefficient (Wildman–Crippen LogP) is 14.5. The van der Waals surface area contributed by atoms with Gasteiger partial charge in [0, 0.05) is 65.4 Å². The number of hydrogen-bond acceptors (Lipinski definition) is 8. The zero-order valence-electron chi connectivity index (χ0n) is 42.5. The van der Waals surface area contributed by atoms with Crippen LogP contribution in [-0.4, -0.2) is 55.2 Å². The Kier molecular flexibility index (Phi) is 28.2. The van der Waals surface area contributed by atoms with Gasteiger partial charge in [0.05, 0.1) is 22.4 Å². The van der Waals surface area contributed by atoms with E-state index < -0.39 is 0 Å². The topological polar surface area (TPSA) is 76.3 Å². The molecule has 360 valence electrons. The third kappa shape index (κ3) is 22.9. The molecule has 0 aliphatic rings. The molecule has 1 aromatic heterocycles. The molecule has 0 aliphatic carbocycles. The van der Waals surface area contributed by atoms with E-state index in [9.17, 15) is 0 Å². The Morgan fingerprint density at radius 3 is 2.00 bits per heavy atom. The average molecular weight is 898 g/mol. The summed E-state index contributed by atoms with van der Waals surface area (Å²) in [5.74, 6) is 1.22. The van der Waals surface area contributed by atoms with Crippen molar-refractivity contribution in [1.82, 2.24) is 31.2 Å². The standard InChI is InChI=1S/C56H95N7S/c1-16-27-53(60-46(11)29-24-22-25-34-57-14)48(13)63(15)55(43(7)8)39-50(36-41(3)4)56-62-54(40-64-56)47(12)61-52(37-42(5)6)38-49-30-32-51(33-31-49)59-45(10)28-23-20-18-19-21-26-35-58-44(9)17-2/h30-33,40,42-43,50,52-53,55,57-61H,3,9-13,16-29,34-39H2,1-2,4-8,14-15H3. The van der Waals surface area contributed by atoms with E-state index in [1.807, 2.05) is 7.05 Å². The third-order valence-electron chi connectivity index (χ3n) is 12.4. The lowest BCUT2D eigenvalue weighted by atomic mass is 9.87. The molecule has 0 saturated heterocycles. The number of aromatic nitrogens is 1. The fraction of sp³-hybridized carbons (Fsp3) is 0.625. The summed E-state index contributed by atoms with van der Waals surface area (Å²) in [6.07, 6.45) is 20.0. The summed E-state index contributed by atoms with van der Waals surface area (Å²) in [6.45, 7) is 44.3. The summed E-state index contributed by atoms with van der Waals surface area (Å²) >= 11 is 1.76. The first-order chi connectivity index (χ1) is 30.6. The van der Waals surface area contributed by atoms with Crippen molar-refractivity contribution in [2.75, 3.05) is 32.5 Å². The summed E-state index contributed by atoms with van der Waals surface area (Å²) in [4.78, 5) is 7.74. The number of hydrogen-bond donors (Lipinski definition) is 5. The summed E-state index contributed by atoms with van der Waals surface area (Å²) in [7, 11) is 4.26. The van der Waals surface area contributed by atoms with Crippen LogP contribution in [0.1, 0.15) is 180 Å². The molecule has 1 heterocycles. The lowest BCUT2D eigenvalue weighted by Gasteiger charge is -2.39. The molecule has 0 radical (unpaired) electrons. The number of thiazole rings is 1. The smallest absolute Gasteiger partial charge is 0.0968 e. The minimum atomic E-state index is 0.167. The van der Waals surface area contributed by atoms with Crippen LogP contribution in [0.15, 0.2) is 97.5 Å². The lowest BCUT2D eigenvalue weighted by molar-refractivity contribution is 0.199. The van der Waals surface area contributed by atoms with Crippen molar-refractivity contribution < 1.29 is 0 Å². The van der Waals surface area contributed by atoms with Crippen LogP contribution in [0.25, 0.3) is 5.70 Å². The SMILES string of the molecule is C=C(C)CC(CC(C(C)C)N(C)C(=C)C(CCC)NC(=C)CCCCCNC)c1nc(C(=C)NC(Cc2ccc(NC(=C)CCCCCCCCNC(=C)CC)cc2)CC(C)C)cs1. The largest absolute Gasteiger partial charge is 0.389 e. The Hall–Kier alpha value is -3.75. The molecule has 0 spiro atoms. The predicted molar refractivity (Wildman–Crippen MR) is 286 cm³/mol. The molecule has 7 nitrogen and oxygen atoms in total. The number of likely N-dealkylation sites (N-methyl/N-ethyl adjacent to an activating group) is 1. The van der Waals surface area contributed by atoms with Gasteiger partial charge in [-0.15, -0.1) is 17.9 Å². The Morgan fingerprint density at radius 1 is 0.766 bits per heavy atom. The van der Waals surface area contributed by atoms with E-state index in [2.05, 4.69) is 150 Å². The molecule has 0 aliphatic heterocycles. The maximum absolute atomic E-state index is 5.29. The molecular weight excluding hydrogens is 803 g/mol. The normalized spacial score (nSPS) is 13.2. The van der Waals surface area contributed by atoms with Crippen LogP contribution in [0.3, 0.4) is 0 Å². The van der Waals surface area contributed by atoms with E-state index in [4.69, 9.17) is 11.6 Å². The molecule has 64 heavy (non-hydrogen) atoms. The van der Waals surface area contributed by atoms with Crippen LogP contribution >= 0.6 is 11.3 Å². The molecule has 1 aromatic carbocycles. The minimum absolute atomic E-state index is 0.167. The Morgan fingerprint density at radius 2 is 1.39 bits per heavy atom. The van der Waals surface area contributed by atoms with Gasteiger partial charge < -0.3 is 31.5 Å². The van der Waals surface area contributed by atoms with Gasteiger partial charge in [-0.25, -0.2) is 4.98 Å². The maximum atomic E-state index is 5.29. The highest BCUT2D eigenvalue weighted by atomic mass is 32.1. The maximum Gasteiger partial charge on any atom is 0.0968 e. The average Bonchev–Trinajstić information content (AvgIpc) is 3.75. The van der Waals surface area contributed by atoms with Crippen molar-refractivity contribution in [3.63, 3.8) is 0 Å². The Labute approximate surface area is 398 Å². The molecule has 5 N–H and O–H groups in total. The van der Waals surface area contributed by atoms with Gasteiger partial charge >= 0.3 is 0 Å². The molecule has 4 atom stereocenters. The summed E-state index contributed by atoms with van der Waals surface area (Å²) in [5.41, 5.74) is 9.93. The molecule has 0 amide bonds. The highest BCUT2D eigenvalue weighted by Crippen LogP contribution is 2.35. The van der Waals surface area contributed by atoms with Crippen molar-refractivity contribution in [3.05, 3.63) is 114 Å². The lowest BCUT2D eigenvalue weighted by Crippen LogP contribution is -2.43. The highest BCUT2D eigenvalue weighted by molar-refractivity contribution is 7.09. The molecule has 8 heteroatoms. The summed E-state index contributed by atoms with van der Waals surface area (Å²) in [6, 6.07) is 9.60. The van der Waals surface area contributed by atoms with Gasteiger partial charge in [0.15, 0.2) is 0 Å². The van der Waals surface area contributed by atoms with Crippen LogP contribution in [0.4, 0.5) is 5.69 Å². The van der Waals surface area contributed by atoms with Crippen LogP contribution in [-0.2, 0) is 6.42 Å². The molecular formula is C56H95N7S. The molecule has 0 fully saturated rings. The first-order valence-electron chi connectivity index (χ1n) is 25.1. The van der Waals surface area contributed by atoms with Crippen LogP contribution in [0.5, 0.6) is 0 Å². The van der Waals surface area contributed by atoms with E-state index in [1.165, 1.54) is 62.5 Å². The van der Waals surface area contributed by atoms with E-state index in [1.54, 1.807) is 11.3 Å². The molecule has 0 bridgehead atoms. The fourth-order valence-electron chi connectivity index (χ4n) is 8.60. The van der Waals surface area contributed by atoms with Crippen LogP contribution < -0.4 is 26.6 Å². The van der Waals surface area contributed by atoms with Gasteiger partial charge in [0.2, 0.25) is 0 Å². The second-order valence-electron chi connectivity index (χ2n) is 19.4. The minimum Gasteiger partial charge on any atom is -0.389 e. The number of anilines is 1. The van der Waals surface area contributed by atoms with Crippen LogP contribution in [0, 0.1) is 11.8 Å². The van der Waals surface area contributed by atoms with Crippen molar-refractivity contribution in [2.24, 2.45) is 11.8 Å². The van der Waals surface area contributed by atoms with Gasteiger partial charge in [-0.1, -0.05) is 131 Å². The third-order valence-corrected chi connectivity index (χ3v) is 13.4. The zero-order chi connectivity index (χ0) is 47.4. The Bertz CT molecular complexity index is 1670. The number of allylic oxidation sites excluding steroid dienone is 4. The van der Waals surface area contributed by atoms with Crippen molar-refractivity contribution >= 4 is 22.7 Å². The summed E-state index contributed by atoms with van der Waals surface area (Å²) < 4.78 is 0. The molecule has 0 saturated carbocycles. The molecule has 2 rings (SSSR count). The van der Waals surface area contributed by atoms with Gasteiger partial charge in [0.25, 0.3) is 0 Å². The van der Waals surface area contributed by atoms with Gasteiger partial charge in [-0.3, -0.25) is 0 Å². The van der Waals surface area contributed by atoms with E-state index in [-0.39, 0.29) is 18.0 Å². The van der Waals surface area contributed by atoms with E-state index in [0.29, 0.717) is 17.9 Å². The number of nitrogens with one attached hydrogen (secondary N) is 5. The number of rotatable bonds is 39.